The summed E-state index contributed by atoms with van der Waals surface area (Å²) >= 11 is 0. The molecule has 6 N–H and O–H groups in total. The second-order valence-corrected chi connectivity index (χ2v) is 7.47. The van der Waals surface area contributed by atoms with Crippen LogP contribution in [0.15, 0.2) is 55.0 Å². The van der Waals surface area contributed by atoms with Crippen molar-refractivity contribution < 1.29 is 33.6 Å². The Balaban J connectivity index is 1.78. The number of nitrogen functional groups attached to an aromatic ring is 1. The number of hydrogen-bond acceptors (Lipinski definition) is 12. The summed E-state index contributed by atoms with van der Waals surface area (Å²) in [7, 11) is 0. The van der Waals surface area contributed by atoms with Gasteiger partial charge in [0.1, 0.15) is 25.3 Å². The zero-order chi connectivity index (χ0) is 27.5. The quantitative estimate of drug-likeness (QED) is 0.0689. The van der Waals surface area contributed by atoms with Crippen LogP contribution in [-0.2, 0) is 21.0 Å². The van der Waals surface area contributed by atoms with Crippen LogP contribution in [0.1, 0.15) is 15.9 Å². The highest BCUT2D eigenvalue weighted by atomic mass is 16.7. The van der Waals surface area contributed by atoms with Gasteiger partial charge in [-0.3, -0.25) is 24.5 Å². The van der Waals surface area contributed by atoms with Crippen LogP contribution in [0, 0.1) is 10.1 Å². The predicted octanol–water partition coefficient (Wildman–Crippen LogP) is 1.09. The lowest BCUT2D eigenvalue weighted by Gasteiger charge is -2.17. The van der Waals surface area contributed by atoms with E-state index in [1.807, 2.05) is 0 Å². The van der Waals surface area contributed by atoms with Crippen LogP contribution in [0.25, 0.3) is 11.3 Å². The van der Waals surface area contributed by atoms with Crippen molar-refractivity contribution in [2.75, 3.05) is 25.4 Å². The number of aromatic nitrogens is 2. The maximum Gasteiger partial charge on any atom is 0.514 e. The van der Waals surface area contributed by atoms with Crippen molar-refractivity contribution in [3.63, 3.8) is 0 Å². The van der Waals surface area contributed by atoms with Crippen molar-refractivity contribution in [3.05, 3.63) is 76.2 Å². The average Bonchev–Trinajstić information content (AvgIpc) is 2.91. The zero-order valence-corrected chi connectivity index (χ0v) is 19.8. The van der Waals surface area contributed by atoms with Gasteiger partial charge in [0.15, 0.2) is 0 Å². The van der Waals surface area contributed by atoms with E-state index in [9.17, 15) is 24.5 Å². The van der Waals surface area contributed by atoms with Gasteiger partial charge in [0.05, 0.1) is 16.2 Å². The molecule has 0 radical (unpaired) electrons. The molecule has 0 fully saturated rings. The first-order valence-corrected chi connectivity index (χ1v) is 10.9. The first kappa shape index (κ1) is 27.4. The molecular formula is C23H23N7O8. The second kappa shape index (κ2) is 13.2. The minimum Gasteiger partial charge on any atom is -0.429 e. The Kier molecular flexibility index (Phi) is 9.56. The average molecular weight is 525 g/mol. The number of nitro groups is 1. The summed E-state index contributed by atoms with van der Waals surface area (Å²) in [5.41, 5.74) is 7.25. The van der Waals surface area contributed by atoms with E-state index in [1.165, 1.54) is 48.9 Å². The number of benzene rings is 2. The van der Waals surface area contributed by atoms with Crippen molar-refractivity contribution in [1.82, 2.24) is 20.6 Å². The number of ether oxygens (including phenoxy) is 2. The van der Waals surface area contributed by atoms with E-state index in [-0.39, 0.29) is 60.1 Å². The van der Waals surface area contributed by atoms with Gasteiger partial charge in [0.25, 0.3) is 11.6 Å². The van der Waals surface area contributed by atoms with Gasteiger partial charge in [-0.15, -0.1) is 0 Å². The van der Waals surface area contributed by atoms with Crippen molar-refractivity contribution in [3.8, 4) is 17.0 Å². The first-order chi connectivity index (χ1) is 18.3. The Bertz CT molecular complexity index is 1300. The van der Waals surface area contributed by atoms with E-state index in [0.29, 0.717) is 5.69 Å². The first-order valence-electron chi connectivity index (χ1n) is 10.9. The maximum absolute atomic E-state index is 13.2. The Hall–Kier alpha value is -5.15. The lowest BCUT2D eigenvalue weighted by molar-refractivity contribution is -0.384. The van der Waals surface area contributed by atoms with Gasteiger partial charge in [-0.25, -0.2) is 20.7 Å². The van der Waals surface area contributed by atoms with E-state index in [1.54, 1.807) is 6.07 Å². The number of non-ortho nitro benzene ring substituents is 1. The monoisotopic (exact) mass is 525 g/mol. The van der Waals surface area contributed by atoms with E-state index in [4.69, 9.17) is 21.1 Å². The molecule has 0 unspecified atom stereocenters. The fourth-order valence-electron chi connectivity index (χ4n) is 3.25. The Morgan fingerprint density at radius 1 is 1.03 bits per heavy atom. The molecular weight excluding hydrogens is 502 g/mol. The van der Waals surface area contributed by atoms with Gasteiger partial charge in [0, 0.05) is 48.2 Å². The SMILES string of the molecule is NOCC(=O)NCCNC(=O)c1c(COC(=O)Oc2ccc([N+](=O)[O-])cc2)ccc(N)c1-c1ccncn1. The minimum atomic E-state index is -1.10. The molecule has 3 aromatic rings. The number of nitrogens with zero attached hydrogens (tertiary/aromatic N) is 3. The molecule has 15 heteroatoms. The highest BCUT2D eigenvalue weighted by molar-refractivity contribution is 6.04. The highest BCUT2D eigenvalue weighted by Crippen LogP contribution is 2.31. The fraction of sp³-hybridized carbons (Fsp3) is 0.174. The summed E-state index contributed by atoms with van der Waals surface area (Å²) in [4.78, 5) is 59.4. The summed E-state index contributed by atoms with van der Waals surface area (Å²) in [6, 6.07) is 9.42. The summed E-state index contributed by atoms with van der Waals surface area (Å²) in [5.74, 6) is 3.84. The van der Waals surface area contributed by atoms with E-state index in [0.717, 1.165) is 0 Å². The number of rotatable bonds is 11. The third kappa shape index (κ3) is 7.42. The van der Waals surface area contributed by atoms with Gasteiger partial charge in [-0.05, 0) is 24.3 Å². The van der Waals surface area contributed by atoms with Crippen molar-refractivity contribution in [1.29, 1.82) is 0 Å². The largest absolute Gasteiger partial charge is 0.514 e. The summed E-state index contributed by atoms with van der Waals surface area (Å²) < 4.78 is 10.2. The maximum atomic E-state index is 13.2. The molecule has 198 valence electrons. The number of hydrogen-bond donors (Lipinski definition) is 4. The topological polar surface area (TPSA) is 224 Å². The van der Waals surface area contributed by atoms with Crippen LogP contribution in [0.5, 0.6) is 5.75 Å². The summed E-state index contributed by atoms with van der Waals surface area (Å²) in [6.07, 6.45) is 1.66. The van der Waals surface area contributed by atoms with E-state index >= 15 is 0 Å². The molecule has 2 aromatic carbocycles. The third-order valence-corrected chi connectivity index (χ3v) is 4.93. The molecule has 0 spiro atoms. The molecule has 0 saturated heterocycles. The van der Waals surface area contributed by atoms with E-state index < -0.39 is 22.9 Å². The molecule has 38 heavy (non-hydrogen) atoms. The lowest BCUT2D eigenvalue weighted by Crippen LogP contribution is -2.37. The third-order valence-electron chi connectivity index (χ3n) is 4.93. The van der Waals surface area contributed by atoms with Crippen molar-refractivity contribution in [2.24, 2.45) is 5.90 Å². The highest BCUT2D eigenvalue weighted by Gasteiger charge is 2.22. The molecule has 0 aliphatic heterocycles. The lowest BCUT2D eigenvalue weighted by atomic mass is 9.96. The molecule has 2 amide bonds. The Labute approximate surface area is 215 Å². The molecule has 0 bridgehead atoms. The molecule has 0 aliphatic rings. The molecule has 1 heterocycles. The van der Waals surface area contributed by atoms with Gasteiger partial charge in [0.2, 0.25) is 5.91 Å². The molecule has 0 atom stereocenters. The molecule has 15 nitrogen and oxygen atoms in total. The summed E-state index contributed by atoms with van der Waals surface area (Å²) in [6.45, 7) is -0.571. The number of carbonyl (C=O) groups excluding carboxylic acids is 3. The normalized spacial score (nSPS) is 10.3. The van der Waals surface area contributed by atoms with Gasteiger partial charge in [-0.2, -0.15) is 0 Å². The fourth-order valence-corrected chi connectivity index (χ4v) is 3.25. The molecule has 0 aliphatic carbocycles. The number of anilines is 1. The van der Waals surface area contributed by atoms with Gasteiger partial charge < -0.3 is 25.8 Å². The van der Waals surface area contributed by atoms with Crippen molar-refractivity contribution in [2.45, 2.75) is 6.61 Å². The number of nitro benzene ring substituents is 1. The van der Waals surface area contributed by atoms with Gasteiger partial charge in [-0.1, -0.05) is 6.07 Å². The van der Waals surface area contributed by atoms with Crippen LogP contribution in [0.2, 0.25) is 0 Å². The van der Waals surface area contributed by atoms with Crippen molar-refractivity contribution >= 4 is 29.3 Å². The van der Waals surface area contributed by atoms with Crippen LogP contribution in [0.4, 0.5) is 16.2 Å². The van der Waals surface area contributed by atoms with Crippen LogP contribution in [-0.4, -0.2) is 52.6 Å². The van der Waals surface area contributed by atoms with Crippen LogP contribution >= 0.6 is 0 Å². The van der Waals surface area contributed by atoms with Gasteiger partial charge >= 0.3 is 6.16 Å². The number of carbonyl (C=O) groups is 3. The number of amides is 2. The summed E-state index contributed by atoms with van der Waals surface area (Å²) in [5, 5.41) is 15.9. The number of nitrogens with two attached hydrogens (primary N) is 2. The molecule has 0 saturated carbocycles. The minimum absolute atomic E-state index is 0.0274. The van der Waals surface area contributed by atoms with E-state index in [2.05, 4.69) is 25.4 Å². The van der Waals surface area contributed by atoms with Crippen LogP contribution < -0.4 is 27.0 Å². The Morgan fingerprint density at radius 2 is 1.76 bits per heavy atom. The molecule has 3 rings (SSSR count). The van der Waals surface area contributed by atoms with Crippen LogP contribution in [0.3, 0.4) is 0 Å². The smallest absolute Gasteiger partial charge is 0.429 e. The zero-order valence-electron chi connectivity index (χ0n) is 19.8. The second-order valence-electron chi connectivity index (χ2n) is 7.47. The standard InChI is InChI=1S/C23H23N7O8/c24-17-6-1-14(11-36-23(33)38-16-4-2-15(3-5-16)30(34)35)20(21(17)18-7-8-26-13-29-18)22(32)28-10-9-27-19(31)12-37-25/h1-8,13H,9-12,24-25H2,(H,27,31)(H,28,32). The number of nitrogens with one attached hydrogen (secondary N) is 2. The Morgan fingerprint density at radius 3 is 2.42 bits per heavy atom. The molecule has 1 aromatic heterocycles. The predicted molar refractivity (Wildman–Crippen MR) is 131 cm³/mol.